The summed E-state index contributed by atoms with van der Waals surface area (Å²) < 4.78 is 17.2. The number of nitrogens with zero attached hydrogens (tertiary/aromatic N) is 3. The van der Waals surface area contributed by atoms with Crippen LogP contribution in [-0.4, -0.2) is 14.5 Å². The summed E-state index contributed by atoms with van der Waals surface area (Å²) in [6, 6.07) is 14.2. The van der Waals surface area contributed by atoms with Crippen LogP contribution in [0.2, 0.25) is 0 Å². The van der Waals surface area contributed by atoms with E-state index in [4.69, 9.17) is 4.98 Å². The normalized spacial score (nSPS) is 16.0. The highest BCUT2D eigenvalue weighted by Crippen LogP contribution is 2.38. The SMILES string of the molecule is Cc1ccncc1-c1cc2c(cc1F)nc1n2[C@@H](c2ccccc2C)CC1. The summed E-state index contributed by atoms with van der Waals surface area (Å²) in [6.07, 6.45) is 5.41. The number of imidazole rings is 1. The molecule has 0 bridgehead atoms. The van der Waals surface area contributed by atoms with Crippen LogP contribution >= 0.6 is 0 Å². The molecule has 0 saturated heterocycles. The van der Waals surface area contributed by atoms with Gasteiger partial charge in [0.2, 0.25) is 0 Å². The predicted octanol–water partition coefficient (Wildman–Crippen LogP) is 5.39. The van der Waals surface area contributed by atoms with Gasteiger partial charge in [0.15, 0.2) is 0 Å². The van der Waals surface area contributed by atoms with Crippen molar-refractivity contribution < 1.29 is 4.39 Å². The van der Waals surface area contributed by atoms with E-state index >= 15 is 0 Å². The molecule has 0 aliphatic carbocycles. The maximum atomic E-state index is 14.9. The summed E-state index contributed by atoms with van der Waals surface area (Å²) in [7, 11) is 0. The van der Waals surface area contributed by atoms with Crippen LogP contribution < -0.4 is 0 Å². The Bertz CT molecular complexity index is 1180. The molecule has 2 aromatic heterocycles. The molecule has 1 aliphatic heterocycles. The van der Waals surface area contributed by atoms with Gasteiger partial charge in [-0.2, -0.15) is 0 Å². The lowest BCUT2D eigenvalue weighted by Crippen LogP contribution is -2.07. The van der Waals surface area contributed by atoms with Crippen molar-refractivity contribution in [3.63, 3.8) is 0 Å². The Morgan fingerprint density at radius 2 is 1.89 bits per heavy atom. The number of aryl methyl sites for hydroxylation is 3. The number of aromatic nitrogens is 3. The Balaban J connectivity index is 1.74. The van der Waals surface area contributed by atoms with Gasteiger partial charge < -0.3 is 4.57 Å². The highest BCUT2D eigenvalue weighted by molar-refractivity contribution is 5.84. The molecule has 0 unspecified atom stereocenters. The minimum absolute atomic E-state index is 0.247. The van der Waals surface area contributed by atoms with Crippen molar-refractivity contribution >= 4 is 11.0 Å². The van der Waals surface area contributed by atoms with E-state index in [1.807, 2.05) is 19.1 Å². The van der Waals surface area contributed by atoms with Crippen LogP contribution in [0.5, 0.6) is 0 Å². The van der Waals surface area contributed by atoms with Crippen LogP contribution in [-0.2, 0) is 6.42 Å². The zero-order valence-corrected chi connectivity index (χ0v) is 15.4. The van der Waals surface area contributed by atoms with Gasteiger partial charge in [0, 0.05) is 36.0 Å². The van der Waals surface area contributed by atoms with E-state index in [9.17, 15) is 4.39 Å². The summed E-state index contributed by atoms with van der Waals surface area (Å²) in [5.74, 6) is 0.792. The minimum atomic E-state index is -0.247. The fourth-order valence-electron chi connectivity index (χ4n) is 4.29. The lowest BCUT2D eigenvalue weighted by atomic mass is 9.98. The topological polar surface area (TPSA) is 30.7 Å². The highest BCUT2D eigenvalue weighted by Gasteiger charge is 2.28. The Hall–Kier alpha value is -3.01. The molecule has 4 aromatic rings. The Labute approximate surface area is 157 Å². The summed E-state index contributed by atoms with van der Waals surface area (Å²) >= 11 is 0. The second-order valence-electron chi connectivity index (χ2n) is 7.32. The van der Waals surface area contributed by atoms with E-state index in [0.717, 1.165) is 40.8 Å². The van der Waals surface area contributed by atoms with Gasteiger partial charge in [0.25, 0.3) is 0 Å². The standard InChI is InChI=1S/C23H20FN3/c1-14-5-3-4-6-16(14)21-7-8-23-26-20-12-19(24)17(11-22(20)27(21)23)18-13-25-10-9-15(18)2/h3-6,9-13,21H,7-8H2,1-2H3/t21-/m1/s1. The first kappa shape index (κ1) is 16.2. The second kappa shape index (κ2) is 6.02. The quantitative estimate of drug-likeness (QED) is 0.481. The van der Waals surface area contributed by atoms with Gasteiger partial charge in [-0.25, -0.2) is 9.37 Å². The van der Waals surface area contributed by atoms with Gasteiger partial charge in [0.1, 0.15) is 11.6 Å². The number of benzene rings is 2. The number of rotatable bonds is 2. The number of fused-ring (bicyclic) bond motifs is 3. The van der Waals surface area contributed by atoms with Crippen LogP contribution in [0, 0.1) is 19.7 Å². The average molecular weight is 357 g/mol. The van der Waals surface area contributed by atoms with Crippen LogP contribution in [0.4, 0.5) is 4.39 Å². The molecule has 0 amide bonds. The molecule has 0 spiro atoms. The third kappa shape index (κ3) is 2.47. The molecule has 134 valence electrons. The smallest absolute Gasteiger partial charge is 0.133 e. The van der Waals surface area contributed by atoms with Crippen molar-refractivity contribution in [3.8, 4) is 11.1 Å². The van der Waals surface area contributed by atoms with Gasteiger partial charge in [-0.3, -0.25) is 4.98 Å². The third-order valence-corrected chi connectivity index (χ3v) is 5.68. The molecular formula is C23H20FN3. The molecule has 0 fully saturated rings. The van der Waals surface area contributed by atoms with Crippen LogP contribution in [0.15, 0.2) is 54.9 Å². The Morgan fingerprint density at radius 1 is 1.04 bits per heavy atom. The van der Waals surface area contributed by atoms with Crippen LogP contribution in [0.3, 0.4) is 0 Å². The van der Waals surface area contributed by atoms with Crippen molar-refractivity contribution in [3.05, 3.63) is 83.2 Å². The summed E-state index contributed by atoms with van der Waals surface area (Å²) in [5.41, 5.74) is 6.76. The molecule has 3 heterocycles. The molecule has 2 aromatic carbocycles. The van der Waals surface area contributed by atoms with Gasteiger partial charge >= 0.3 is 0 Å². The van der Waals surface area contributed by atoms with Crippen molar-refractivity contribution in [2.24, 2.45) is 0 Å². The summed E-state index contributed by atoms with van der Waals surface area (Å²) in [5, 5.41) is 0. The van der Waals surface area contributed by atoms with Crippen molar-refractivity contribution in [1.29, 1.82) is 0 Å². The van der Waals surface area contributed by atoms with E-state index in [1.165, 1.54) is 11.1 Å². The molecule has 4 heteroatoms. The van der Waals surface area contributed by atoms with E-state index in [-0.39, 0.29) is 11.9 Å². The number of halogens is 1. The molecule has 27 heavy (non-hydrogen) atoms. The molecule has 3 nitrogen and oxygen atoms in total. The first-order valence-electron chi connectivity index (χ1n) is 9.30. The maximum absolute atomic E-state index is 14.9. The first-order valence-corrected chi connectivity index (χ1v) is 9.30. The third-order valence-electron chi connectivity index (χ3n) is 5.68. The number of pyridine rings is 1. The van der Waals surface area contributed by atoms with E-state index < -0.39 is 0 Å². The van der Waals surface area contributed by atoms with Gasteiger partial charge in [-0.1, -0.05) is 24.3 Å². The van der Waals surface area contributed by atoms with E-state index in [0.29, 0.717) is 5.56 Å². The average Bonchev–Trinajstić information content (AvgIpc) is 3.21. The van der Waals surface area contributed by atoms with Gasteiger partial charge in [0.05, 0.1) is 17.1 Å². The molecule has 5 rings (SSSR count). The molecule has 0 N–H and O–H groups in total. The maximum Gasteiger partial charge on any atom is 0.133 e. The monoisotopic (exact) mass is 357 g/mol. The largest absolute Gasteiger partial charge is 0.320 e. The van der Waals surface area contributed by atoms with Crippen LogP contribution in [0.25, 0.3) is 22.2 Å². The Morgan fingerprint density at radius 3 is 2.70 bits per heavy atom. The van der Waals surface area contributed by atoms with Crippen LogP contribution in [0.1, 0.15) is 35.0 Å². The minimum Gasteiger partial charge on any atom is -0.320 e. The lowest BCUT2D eigenvalue weighted by Gasteiger charge is -2.18. The molecule has 0 radical (unpaired) electrons. The van der Waals surface area contributed by atoms with E-state index in [1.54, 1.807) is 18.5 Å². The van der Waals surface area contributed by atoms with Crippen molar-refractivity contribution in [2.75, 3.05) is 0 Å². The number of hydrogen-bond acceptors (Lipinski definition) is 2. The van der Waals surface area contributed by atoms with Gasteiger partial charge in [-0.15, -0.1) is 0 Å². The van der Waals surface area contributed by atoms with E-state index in [2.05, 4.69) is 40.7 Å². The van der Waals surface area contributed by atoms with Crippen molar-refractivity contribution in [1.82, 2.24) is 14.5 Å². The number of hydrogen-bond donors (Lipinski definition) is 0. The van der Waals surface area contributed by atoms with Crippen molar-refractivity contribution in [2.45, 2.75) is 32.7 Å². The zero-order chi connectivity index (χ0) is 18.5. The summed E-state index contributed by atoms with van der Waals surface area (Å²) in [4.78, 5) is 8.91. The fourth-order valence-corrected chi connectivity index (χ4v) is 4.29. The second-order valence-corrected chi connectivity index (χ2v) is 7.32. The lowest BCUT2D eigenvalue weighted by molar-refractivity contribution is 0.627. The van der Waals surface area contributed by atoms with Gasteiger partial charge in [-0.05, 0) is 49.1 Å². The molecule has 1 aliphatic rings. The molecular weight excluding hydrogens is 337 g/mol. The molecule has 1 atom stereocenters. The fraction of sp³-hybridized carbons (Fsp3) is 0.217. The summed E-state index contributed by atoms with van der Waals surface area (Å²) in [6.45, 7) is 4.13. The zero-order valence-electron chi connectivity index (χ0n) is 15.4. The predicted molar refractivity (Wildman–Crippen MR) is 105 cm³/mol. The first-order chi connectivity index (χ1) is 13.1. The highest BCUT2D eigenvalue weighted by atomic mass is 19.1. The molecule has 0 saturated carbocycles. The Kier molecular flexibility index (Phi) is 3.61.